The minimum absolute atomic E-state index is 0.512. The lowest BCUT2D eigenvalue weighted by atomic mass is 10.2. The first-order chi connectivity index (χ1) is 7.88. The molecule has 0 bridgehead atoms. The molecular formula is C12H16N4. The molecule has 4 nitrogen and oxygen atoms in total. The predicted octanol–water partition coefficient (Wildman–Crippen LogP) is 0.401. The first-order valence-electron chi connectivity index (χ1n) is 5.67. The lowest BCUT2D eigenvalue weighted by Crippen LogP contribution is -2.44. The number of nitrogens with zero attached hydrogens (tertiary/aromatic N) is 3. The number of nitrogens with one attached hydrogen (secondary N) is 1. The Morgan fingerprint density at radius 1 is 1.38 bits per heavy atom. The SMILES string of the molecule is N#Cc1cccc(CCN2CCNCC2)n1. The fraction of sp³-hybridized carbons (Fsp3) is 0.500. The number of hydrogen-bond donors (Lipinski definition) is 1. The third-order valence-corrected chi connectivity index (χ3v) is 2.82. The van der Waals surface area contributed by atoms with Crippen LogP contribution in [0.5, 0.6) is 0 Å². The fourth-order valence-corrected chi connectivity index (χ4v) is 1.89. The van der Waals surface area contributed by atoms with E-state index >= 15 is 0 Å². The average molecular weight is 216 g/mol. The van der Waals surface area contributed by atoms with Crippen LogP contribution in [0.1, 0.15) is 11.4 Å². The van der Waals surface area contributed by atoms with Crippen LogP contribution in [0, 0.1) is 11.3 Å². The molecule has 1 saturated heterocycles. The van der Waals surface area contributed by atoms with E-state index in [0.717, 1.165) is 44.8 Å². The Morgan fingerprint density at radius 3 is 2.94 bits per heavy atom. The van der Waals surface area contributed by atoms with Gasteiger partial charge in [0.15, 0.2) is 0 Å². The van der Waals surface area contributed by atoms with Crippen molar-refractivity contribution in [3.63, 3.8) is 0 Å². The quantitative estimate of drug-likeness (QED) is 0.794. The van der Waals surface area contributed by atoms with Crippen LogP contribution >= 0.6 is 0 Å². The topological polar surface area (TPSA) is 52.0 Å². The Balaban J connectivity index is 1.86. The monoisotopic (exact) mass is 216 g/mol. The first kappa shape index (κ1) is 11.1. The van der Waals surface area contributed by atoms with E-state index in [1.807, 2.05) is 12.1 Å². The van der Waals surface area contributed by atoms with Gasteiger partial charge < -0.3 is 10.2 Å². The Morgan fingerprint density at radius 2 is 2.19 bits per heavy atom. The van der Waals surface area contributed by atoms with Crippen LogP contribution in [0.15, 0.2) is 18.2 Å². The zero-order chi connectivity index (χ0) is 11.2. The van der Waals surface area contributed by atoms with Gasteiger partial charge in [-0.3, -0.25) is 0 Å². The number of aromatic nitrogens is 1. The molecule has 16 heavy (non-hydrogen) atoms. The van der Waals surface area contributed by atoms with Gasteiger partial charge in [-0.1, -0.05) is 6.07 Å². The summed E-state index contributed by atoms with van der Waals surface area (Å²) in [5, 5.41) is 12.1. The van der Waals surface area contributed by atoms with Crippen LogP contribution in [-0.2, 0) is 6.42 Å². The van der Waals surface area contributed by atoms with E-state index in [4.69, 9.17) is 5.26 Å². The van der Waals surface area contributed by atoms with Gasteiger partial charge >= 0.3 is 0 Å². The summed E-state index contributed by atoms with van der Waals surface area (Å²) in [4.78, 5) is 6.70. The molecule has 1 aliphatic heterocycles. The third-order valence-electron chi connectivity index (χ3n) is 2.82. The van der Waals surface area contributed by atoms with Gasteiger partial charge in [0.1, 0.15) is 11.8 Å². The van der Waals surface area contributed by atoms with E-state index in [0.29, 0.717) is 5.69 Å². The van der Waals surface area contributed by atoms with Gasteiger partial charge in [0.25, 0.3) is 0 Å². The summed E-state index contributed by atoms with van der Waals surface area (Å²) in [5.41, 5.74) is 1.52. The second-order valence-electron chi connectivity index (χ2n) is 3.97. The lowest BCUT2D eigenvalue weighted by Gasteiger charge is -2.26. The van der Waals surface area contributed by atoms with Gasteiger partial charge in [-0.15, -0.1) is 0 Å². The Kier molecular flexibility index (Phi) is 3.86. The number of pyridine rings is 1. The van der Waals surface area contributed by atoms with E-state index in [1.165, 1.54) is 0 Å². The standard InChI is InChI=1S/C12H16N4/c13-10-12-3-1-2-11(15-12)4-7-16-8-5-14-6-9-16/h1-3,14H,4-9H2. The summed E-state index contributed by atoms with van der Waals surface area (Å²) < 4.78 is 0. The molecule has 2 heterocycles. The van der Waals surface area contributed by atoms with Crippen molar-refractivity contribution in [2.24, 2.45) is 0 Å². The van der Waals surface area contributed by atoms with Crippen LogP contribution in [0.3, 0.4) is 0 Å². The maximum absolute atomic E-state index is 8.75. The van der Waals surface area contributed by atoms with Crippen molar-refractivity contribution in [3.05, 3.63) is 29.6 Å². The van der Waals surface area contributed by atoms with Crippen molar-refractivity contribution < 1.29 is 0 Å². The first-order valence-corrected chi connectivity index (χ1v) is 5.67. The fourth-order valence-electron chi connectivity index (χ4n) is 1.89. The molecule has 84 valence electrons. The molecule has 1 N–H and O–H groups in total. The average Bonchev–Trinajstić information content (AvgIpc) is 2.38. The minimum Gasteiger partial charge on any atom is -0.314 e. The third kappa shape index (κ3) is 3.02. The molecule has 1 aromatic heterocycles. The van der Waals surface area contributed by atoms with Crippen LogP contribution in [0.4, 0.5) is 0 Å². The van der Waals surface area contributed by atoms with Crippen molar-refractivity contribution >= 4 is 0 Å². The summed E-state index contributed by atoms with van der Waals surface area (Å²) in [6, 6.07) is 7.71. The summed E-state index contributed by atoms with van der Waals surface area (Å²) >= 11 is 0. The highest BCUT2D eigenvalue weighted by atomic mass is 15.2. The lowest BCUT2D eigenvalue weighted by molar-refractivity contribution is 0.243. The molecule has 1 aliphatic rings. The minimum atomic E-state index is 0.512. The normalized spacial score (nSPS) is 16.9. The maximum Gasteiger partial charge on any atom is 0.140 e. The molecule has 0 aliphatic carbocycles. The Labute approximate surface area is 95.9 Å². The number of rotatable bonds is 3. The van der Waals surface area contributed by atoms with Gasteiger partial charge in [0.2, 0.25) is 0 Å². The van der Waals surface area contributed by atoms with E-state index < -0.39 is 0 Å². The molecule has 1 aromatic rings. The number of piperazine rings is 1. The summed E-state index contributed by atoms with van der Waals surface area (Å²) in [6.45, 7) is 5.40. The second-order valence-corrected chi connectivity index (χ2v) is 3.97. The summed E-state index contributed by atoms with van der Waals surface area (Å²) in [7, 11) is 0. The van der Waals surface area contributed by atoms with E-state index in [-0.39, 0.29) is 0 Å². The van der Waals surface area contributed by atoms with Crippen molar-refractivity contribution in [1.29, 1.82) is 5.26 Å². The van der Waals surface area contributed by atoms with Gasteiger partial charge in [-0.05, 0) is 12.1 Å². The maximum atomic E-state index is 8.75. The van der Waals surface area contributed by atoms with Crippen LogP contribution < -0.4 is 5.32 Å². The largest absolute Gasteiger partial charge is 0.314 e. The highest BCUT2D eigenvalue weighted by Gasteiger charge is 2.09. The molecule has 0 aromatic carbocycles. The molecule has 1 fully saturated rings. The molecule has 2 rings (SSSR count). The molecule has 4 heteroatoms. The molecule has 0 spiro atoms. The number of hydrogen-bond acceptors (Lipinski definition) is 4. The van der Waals surface area contributed by atoms with E-state index in [9.17, 15) is 0 Å². The van der Waals surface area contributed by atoms with Crippen molar-refractivity contribution in [2.75, 3.05) is 32.7 Å². The zero-order valence-corrected chi connectivity index (χ0v) is 9.32. The predicted molar refractivity (Wildman–Crippen MR) is 62.0 cm³/mol. The van der Waals surface area contributed by atoms with Gasteiger partial charge in [-0.2, -0.15) is 5.26 Å². The van der Waals surface area contributed by atoms with Gasteiger partial charge in [0.05, 0.1) is 0 Å². The zero-order valence-electron chi connectivity index (χ0n) is 9.32. The molecule has 0 saturated carbocycles. The summed E-state index contributed by atoms with van der Waals surface area (Å²) in [6.07, 6.45) is 0.926. The Bertz CT molecular complexity index is 377. The smallest absolute Gasteiger partial charge is 0.140 e. The van der Waals surface area contributed by atoms with Crippen LogP contribution in [0.25, 0.3) is 0 Å². The van der Waals surface area contributed by atoms with Crippen LogP contribution in [-0.4, -0.2) is 42.6 Å². The van der Waals surface area contributed by atoms with E-state index in [2.05, 4.69) is 21.3 Å². The number of nitriles is 1. The highest BCUT2D eigenvalue weighted by Crippen LogP contribution is 2.01. The van der Waals surface area contributed by atoms with E-state index in [1.54, 1.807) is 6.07 Å². The molecule has 0 unspecified atom stereocenters. The van der Waals surface area contributed by atoms with Crippen molar-refractivity contribution in [3.8, 4) is 6.07 Å². The van der Waals surface area contributed by atoms with Gasteiger partial charge in [-0.25, -0.2) is 4.98 Å². The van der Waals surface area contributed by atoms with Crippen molar-refractivity contribution in [1.82, 2.24) is 15.2 Å². The molecule has 0 radical (unpaired) electrons. The second kappa shape index (κ2) is 5.59. The van der Waals surface area contributed by atoms with Crippen molar-refractivity contribution in [2.45, 2.75) is 6.42 Å². The molecule has 0 amide bonds. The summed E-state index contributed by atoms with van der Waals surface area (Å²) in [5.74, 6) is 0. The highest BCUT2D eigenvalue weighted by molar-refractivity contribution is 5.22. The Hall–Kier alpha value is -1.44. The van der Waals surface area contributed by atoms with Crippen LogP contribution in [0.2, 0.25) is 0 Å². The molecule has 0 atom stereocenters. The molecular weight excluding hydrogens is 200 g/mol. The van der Waals surface area contributed by atoms with Gasteiger partial charge in [0, 0.05) is 44.8 Å².